The monoisotopic (exact) mass is 504 g/mol. The Labute approximate surface area is 211 Å². The Morgan fingerprint density at radius 1 is 1.27 bits per heavy atom. The van der Waals surface area contributed by atoms with Gasteiger partial charge in [-0.05, 0) is 24.1 Å². The van der Waals surface area contributed by atoms with Crippen LogP contribution >= 0.6 is 0 Å². The van der Waals surface area contributed by atoms with Crippen molar-refractivity contribution in [3.63, 3.8) is 0 Å². The quantitative estimate of drug-likeness (QED) is 0.345. The molecular formula is C25H25FN8O3. The second kappa shape index (κ2) is 9.05. The van der Waals surface area contributed by atoms with E-state index in [0.29, 0.717) is 29.5 Å². The number of anilines is 3. The van der Waals surface area contributed by atoms with E-state index in [0.717, 1.165) is 30.7 Å². The van der Waals surface area contributed by atoms with E-state index < -0.39 is 11.8 Å². The molecule has 4 aromatic rings. The van der Waals surface area contributed by atoms with Crippen molar-refractivity contribution in [3.8, 4) is 11.3 Å². The van der Waals surface area contributed by atoms with Gasteiger partial charge < -0.3 is 25.0 Å². The smallest absolute Gasteiger partial charge is 0.358 e. The predicted octanol–water partition coefficient (Wildman–Crippen LogP) is 3.02. The van der Waals surface area contributed by atoms with Crippen LogP contribution in [0.2, 0.25) is 0 Å². The van der Waals surface area contributed by atoms with Crippen molar-refractivity contribution in [1.29, 1.82) is 0 Å². The molecule has 6 rings (SSSR count). The van der Waals surface area contributed by atoms with E-state index in [4.69, 9.17) is 4.74 Å². The highest BCUT2D eigenvalue weighted by atomic mass is 19.1. The van der Waals surface area contributed by atoms with Gasteiger partial charge in [-0.15, -0.1) is 0 Å². The van der Waals surface area contributed by atoms with Gasteiger partial charge in [0.2, 0.25) is 0 Å². The maximum atomic E-state index is 15.1. The van der Waals surface area contributed by atoms with Crippen LogP contribution < -0.4 is 10.6 Å². The molecular weight excluding hydrogens is 479 g/mol. The summed E-state index contributed by atoms with van der Waals surface area (Å²) in [5.41, 5.74) is 2.77. The van der Waals surface area contributed by atoms with Gasteiger partial charge in [0.15, 0.2) is 17.3 Å². The Morgan fingerprint density at radius 3 is 2.84 bits per heavy atom. The highest BCUT2D eigenvalue weighted by Crippen LogP contribution is 2.33. The molecule has 0 spiro atoms. The van der Waals surface area contributed by atoms with Gasteiger partial charge in [0.05, 0.1) is 42.0 Å². The molecule has 5 heterocycles. The van der Waals surface area contributed by atoms with Crippen molar-refractivity contribution in [2.24, 2.45) is 7.05 Å². The average Bonchev–Trinajstić information content (AvgIpc) is 3.61. The number of benzene rings is 1. The molecule has 0 radical (unpaired) electrons. The number of imidazole rings is 1. The van der Waals surface area contributed by atoms with Gasteiger partial charge in [0.1, 0.15) is 17.0 Å². The van der Waals surface area contributed by atoms with E-state index in [1.165, 1.54) is 6.07 Å². The van der Waals surface area contributed by atoms with Gasteiger partial charge >= 0.3 is 5.97 Å². The number of nitrogens with one attached hydrogen (secondary N) is 2. The molecule has 3 N–H and O–H groups in total. The number of halogens is 1. The summed E-state index contributed by atoms with van der Waals surface area (Å²) in [7, 11) is 3.49. The van der Waals surface area contributed by atoms with Crippen LogP contribution in [0.25, 0.3) is 22.3 Å². The minimum atomic E-state index is -1.30. The first-order chi connectivity index (χ1) is 17.9. The van der Waals surface area contributed by atoms with Crippen molar-refractivity contribution in [1.82, 2.24) is 29.4 Å². The van der Waals surface area contributed by atoms with Crippen LogP contribution in [0, 0.1) is 5.82 Å². The van der Waals surface area contributed by atoms with Crippen LogP contribution in [0.4, 0.5) is 21.7 Å². The average molecular weight is 505 g/mol. The molecule has 2 aliphatic rings. The molecule has 2 aliphatic heterocycles. The van der Waals surface area contributed by atoms with Gasteiger partial charge in [-0.3, -0.25) is 9.88 Å². The van der Waals surface area contributed by atoms with Gasteiger partial charge in [-0.25, -0.2) is 24.1 Å². The van der Waals surface area contributed by atoms with Crippen LogP contribution in [0.5, 0.6) is 0 Å². The summed E-state index contributed by atoms with van der Waals surface area (Å²) in [5, 5.41) is 15.7. The largest absolute Gasteiger partial charge is 0.476 e. The van der Waals surface area contributed by atoms with Gasteiger partial charge in [0, 0.05) is 39.4 Å². The third kappa shape index (κ3) is 4.13. The van der Waals surface area contributed by atoms with Crippen LogP contribution in [-0.4, -0.2) is 72.8 Å². The lowest BCUT2D eigenvalue weighted by atomic mass is 10.1. The number of pyridine rings is 1. The molecule has 0 unspecified atom stereocenters. The van der Waals surface area contributed by atoms with Crippen LogP contribution in [0.1, 0.15) is 22.5 Å². The third-order valence-corrected chi connectivity index (χ3v) is 6.91. The first-order valence-electron chi connectivity index (χ1n) is 11.9. The highest BCUT2D eigenvalue weighted by Gasteiger charge is 2.38. The number of ether oxygens (including phenoxy) is 1. The molecule has 2 saturated heterocycles. The van der Waals surface area contributed by atoms with Crippen LogP contribution in [-0.2, 0) is 18.3 Å². The van der Waals surface area contributed by atoms with Crippen molar-refractivity contribution in [2.45, 2.75) is 25.1 Å². The molecule has 0 amide bonds. The van der Waals surface area contributed by atoms with Gasteiger partial charge in [0.25, 0.3) is 0 Å². The Morgan fingerprint density at radius 2 is 2.14 bits per heavy atom. The number of aromatic carboxylic acids is 1. The fraction of sp³-hybridized carbons (Fsp3) is 0.320. The Hall–Kier alpha value is -4.16. The normalized spacial score (nSPS) is 19.0. The number of carboxylic acid groups (broad SMARTS) is 1. The molecule has 2 atom stereocenters. The zero-order valence-corrected chi connectivity index (χ0v) is 20.3. The number of hydrogen-bond donors (Lipinski definition) is 3. The Kier molecular flexibility index (Phi) is 5.69. The number of morpholine rings is 1. The number of carbonyl (C=O) groups is 1. The summed E-state index contributed by atoms with van der Waals surface area (Å²) < 4.78 is 22.5. The number of likely N-dealkylation sites (tertiary alicyclic amines) is 1. The second-order valence-corrected chi connectivity index (χ2v) is 9.30. The zero-order valence-electron chi connectivity index (χ0n) is 20.3. The number of aromatic nitrogens is 5. The van der Waals surface area contributed by atoms with Crippen molar-refractivity contribution in [2.75, 3.05) is 30.8 Å². The minimum Gasteiger partial charge on any atom is -0.476 e. The van der Waals surface area contributed by atoms with Crippen molar-refractivity contribution >= 4 is 34.3 Å². The number of rotatable bonds is 7. The molecule has 11 nitrogen and oxygen atoms in total. The molecule has 0 saturated carbocycles. The third-order valence-electron chi connectivity index (χ3n) is 6.91. The van der Waals surface area contributed by atoms with E-state index in [1.807, 2.05) is 13.1 Å². The number of nitrogens with zero attached hydrogens (tertiary/aromatic N) is 6. The van der Waals surface area contributed by atoms with E-state index in [1.54, 1.807) is 36.4 Å². The molecule has 1 aromatic carbocycles. The second-order valence-electron chi connectivity index (χ2n) is 9.30. The fourth-order valence-corrected chi connectivity index (χ4v) is 5.04. The molecule has 190 valence electrons. The summed E-state index contributed by atoms with van der Waals surface area (Å²) in [6, 6.07) is 5.26. The SMILES string of the molecule is CNc1nc(Nc2ccc(CN3C[C@H]4C[C@@H]3CO4)cc2F)c(C(=O)O)nc1-c1cncc2c1ncn2C. The summed E-state index contributed by atoms with van der Waals surface area (Å²) in [5.74, 6) is -1.59. The Bertz CT molecular complexity index is 1520. The number of carboxylic acids is 1. The first-order valence-corrected chi connectivity index (χ1v) is 11.9. The summed E-state index contributed by atoms with van der Waals surface area (Å²) in [6.07, 6.45) is 6.17. The predicted molar refractivity (Wildman–Crippen MR) is 134 cm³/mol. The molecule has 12 heteroatoms. The highest BCUT2D eigenvalue weighted by molar-refractivity contribution is 5.97. The summed E-state index contributed by atoms with van der Waals surface area (Å²) in [4.78, 5) is 32.0. The number of aryl methyl sites for hydroxylation is 1. The summed E-state index contributed by atoms with van der Waals surface area (Å²) >= 11 is 0. The number of hydrogen-bond acceptors (Lipinski definition) is 9. The molecule has 2 fully saturated rings. The topological polar surface area (TPSA) is 130 Å². The van der Waals surface area contributed by atoms with Gasteiger partial charge in [-0.1, -0.05) is 6.07 Å². The van der Waals surface area contributed by atoms with E-state index in [9.17, 15) is 9.90 Å². The van der Waals surface area contributed by atoms with E-state index in [-0.39, 0.29) is 29.0 Å². The maximum absolute atomic E-state index is 15.1. The molecule has 3 aromatic heterocycles. The summed E-state index contributed by atoms with van der Waals surface area (Å²) in [6.45, 7) is 2.20. The lowest BCUT2D eigenvalue weighted by Gasteiger charge is -2.26. The van der Waals surface area contributed by atoms with Crippen molar-refractivity contribution in [3.05, 3.63) is 54.0 Å². The fourth-order valence-electron chi connectivity index (χ4n) is 5.04. The molecule has 0 aliphatic carbocycles. The molecule has 2 bridgehead atoms. The van der Waals surface area contributed by atoms with Gasteiger partial charge in [-0.2, -0.15) is 0 Å². The lowest BCUT2D eigenvalue weighted by molar-refractivity contribution is 0.0273. The number of fused-ring (bicyclic) bond motifs is 3. The molecule has 37 heavy (non-hydrogen) atoms. The van der Waals surface area contributed by atoms with E-state index in [2.05, 4.69) is 35.5 Å². The Balaban J connectivity index is 1.32. The minimum absolute atomic E-state index is 0.0811. The maximum Gasteiger partial charge on any atom is 0.358 e. The lowest BCUT2D eigenvalue weighted by Crippen LogP contribution is -2.36. The standard InChI is InChI=1S/C25H25FN8O3/c1-27-23-21(16-7-28-8-19-20(16)29-12-33(19)2)31-22(25(35)36)24(32-23)30-18-4-3-13(5-17(18)26)9-34-10-15-6-14(34)11-37-15/h3-5,7-8,12,14-15H,6,9-11H2,1-2H3,(H,35,36)(H2,27,30,32)/t14-,15-/m1/s1. The first kappa shape index (κ1) is 23.3. The zero-order chi connectivity index (χ0) is 25.7. The van der Waals surface area contributed by atoms with Crippen LogP contribution in [0.15, 0.2) is 36.9 Å². The van der Waals surface area contributed by atoms with Crippen molar-refractivity contribution < 1.29 is 19.0 Å². The van der Waals surface area contributed by atoms with E-state index >= 15 is 4.39 Å². The van der Waals surface area contributed by atoms with Crippen LogP contribution in [0.3, 0.4) is 0 Å².